The van der Waals surface area contributed by atoms with E-state index in [9.17, 15) is 4.79 Å². The van der Waals surface area contributed by atoms with Crippen LogP contribution in [0.5, 0.6) is 0 Å². The number of anilines is 1. The maximum atomic E-state index is 12.0. The van der Waals surface area contributed by atoms with Crippen LogP contribution in [0.2, 0.25) is 0 Å². The topological polar surface area (TPSA) is 70.2 Å². The van der Waals surface area contributed by atoms with Crippen LogP contribution >= 0.6 is 11.3 Å². The van der Waals surface area contributed by atoms with E-state index in [0.29, 0.717) is 5.13 Å². The van der Waals surface area contributed by atoms with Crippen molar-refractivity contribution in [2.45, 2.75) is 32.4 Å². The van der Waals surface area contributed by atoms with Crippen molar-refractivity contribution >= 4 is 22.5 Å². The fraction of sp³-hybridized carbons (Fsp3) is 0.438. The lowest BCUT2D eigenvalue weighted by Crippen LogP contribution is -2.45. The van der Waals surface area contributed by atoms with Gasteiger partial charge in [0.2, 0.25) is 0 Å². The van der Waals surface area contributed by atoms with Crippen molar-refractivity contribution in [2.75, 3.05) is 18.4 Å². The zero-order chi connectivity index (χ0) is 16.1. The van der Waals surface area contributed by atoms with Gasteiger partial charge in [-0.1, -0.05) is 6.07 Å². The number of hydrogen-bond donors (Lipinski definition) is 2. The van der Waals surface area contributed by atoms with Crippen molar-refractivity contribution in [1.82, 2.24) is 20.2 Å². The smallest absolute Gasteiger partial charge is 0.321 e. The van der Waals surface area contributed by atoms with E-state index < -0.39 is 0 Å². The van der Waals surface area contributed by atoms with Crippen LogP contribution in [0.1, 0.15) is 24.2 Å². The van der Waals surface area contributed by atoms with Crippen LogP contribution in [0, 0.1) is 6.92 Å². The first kappa shape index (κ1) is 15.9. The third-order valence-corrected chi connectivity index (χ3v) is 4.75. The maximum Gasteiger partial charge on any atom is 0.321 e. The Morgan fingerprint density at radius 3 is 2.87 bits per heavy atom. The van der Waals surface area contributed by atoms with Gasteiger partial charge in [0.15, 0.2) is 5.13 Å². The van der Waals surface area contributed by atoms with Gasteiger partial charge in [0, 0.05) is 37.3 Å². The van der Waals surface area contributed by atoms with Crippen LogP contribution in [0.25, 0.3) is 0 Å². The lowest BCUT2D eigenvalue weighted by molar-refractivity contribution is 0.188. The number of pyridine rings is 1. The van der Waals surface area contributed by atoms with Gasteiger partial charge >= 0.3 is 6.03 Å². The highest BCUT2D eigenvalue weighted by molar-refractivity contribution is 7.13. The molecule has 2 aromatic heterocycles. The Bertz CT molecular complexity index is 637. The monoisotopic (exact) mass is 331 g/mol. The van der Waals surface area contributed by atoms with E-state index in [2.05, 4.69) is 25.5 Å². The summed E-state index contributed by atoms with van der Waals surface area (Å²) in [5.74, 6) is 0. The van der Waals surface area contributed by atoms with Crippen LogP contribution in [0.15, 0.2) is 29.8 Å². The number of hydrogen-bond acceptors (Lipinski definition) is 5. The van der Waals surface area contributed by atoms with E-state index in [-0.39, 0.29) is 12.1 Å². The number of carbonyl (C=O) groups excluding carboxylic acids is 1. The molecule has 0 bridgehead atoms. The fourth-order valence-electron chi connectivity index (χ4n) is 2.69. The average Bonchev–Trinajstić information content (AvgIpc) is 2.95. The third-order valence-electron chi connectivity index (χ3n) is 3.87. The number of nitrogens with one attached hydrogen (secondary N) is 2. The number of likely N-dealkylation sites (tertiary alicyclic amines) is 1. The lowest BCUT2D eigenvalue weighted by atomic mass is 10.1. The maximum absolute atomic E-state index is 12.0. The van der Waals surface area contributed by atoms with Crippen LogP contribution < -0.4 is 10.6 Å². The molecule has 0 aromatic carbocycles. The minimum absolute atomic E-state index is 0.164. The van der Waals surface area contributed by atoms with E-state index in [1.807, 2.05) is 36.7 Å². The Kier molecular flexibility index (Phi) is 5.19. The number of nitrogens with zero attached hydrogens (tertiary/aromatic N) is 3. The summed E-state index contributed by atoms with van der Waals surface area (Å²) in [6.45, 7) is 4.73. The van der Waals surface area contributed by atoms with E-state index in [1.165, 1.54) is 11.3 Å². The number of aryl methyl sites for hydroxylation is 1. The second kappa shape index (κ2) is 7.52. The van der Waals surface area contributed by atoms with E-state index in [0.717, 1.165) is 43.9 Å². The van der Waals surface area contributed by atoms with Crippen LogP contribution in [-0.4, -0.2) is 40.0 Å². The molecule has 2 aromatic rings. The van der Waals surface area contributed by atoms with Gasteiger partial charge in [0.25, 0.3) is 0 Å². The minimum atomic E-state index is -0.164. The predicted molar refractivity (Wildman–Crippen MR) is 91.5 cm³/mol. The molecule has 0 aliphatic carbocycles. The zero-order valence-electron chi connectivity index (χ0n) is 13.2. The number of carbonyl (C=O) groups is 1. The highest BCUT2D eigenvalue weighted by atomic mass is 32.1. The molecule has 0 unspecified atom stereocenters. The van der Waals surface area contributed by atoms with Crippen LogP contribution in [-0.2, 0) is 6.54 Å². The first-order valence-corrected chi connectivity index (χ1v) is 8.69. The molecular weight excluding hydrogens is 310 g/mol. The Morgan fingerprint density at radius 1 is 1.39 bits per heavy atom. The summed E-state index contributed by atoms with van der Waals surface area (Å²) >= 11 is 1.44. The number of rotatable bonds is 4. The number of thiazole rings is 1. The summed E-state index contributed by atoms with van der Waals surface area (Å²) < 4.78 is 0. The second-order valence-corrected chi connectivity index (χ2v) is 6.62. The van der Waals surface area contributed by atoms with Crippen molar-refractivity contribution in [3.05, 3.63) is 41.2 Å². The van der Waals surface area contributed by atoms with Gasteiger partial charge in [-0.3, -0.25) is 15.2 Å². The summed E-state index contributed by atoms with van der Waals surface area (Å²) in [6, 6.07) is 6.05. The van der Waals surface area contributed by atoms with Gasteiger partial charge in [-0.25, -0.2) is 9.78 Å². The standard InChI is InChI=1S/C16H21N5OS/c1-12-11-23-16(18-12)20-15(22)19-13-5-8-21(9-6-13)10-14-4-2-3-7-17-14/h2-4,7,11,13H,5-6,8-10H2,1H3,(H2,18,19,20,22). The molecule has 1 aliphatic rings. The zero-order valence-corrected chi connectivity index (χ0v) is 14.0. The molecule has 0 atom stereocenters. The van der Waals surface area contributed by atoms with Crippen molar-refractivity contribution < 1.29 is 4.79 Å². The largest absolute Gasteiger partial charge is 0.335 e. The number of amides is 2. The number of aromatic nitrogens is 2. The van der Waals surface area contributed by atoms with Crippen molar-refractivity contribution in [2.24, 2.45) is 0 Å². The number of piperidine rings is 1. The van der Waals surface area contributed by atoms with E-state index in [4.69, 9.17) is 0 Å². The van der Waals surface area contributed by atoms with Crippen LogP contribution in [0.4, 0.5) is 9.93 Å². The minimum Gasteiger partial charge on any atom is -0.335 e. The summed E-state index contributed by atoms with van der Waals surface area (Å²) in [5, 5.41) is 8.40. The molecule has 0 saturated carbocycles. The molecule has 2 amide bonds. The second-order valence-electron chi connectivity index (χ2n) is 5.76. The molecule has 7 heteroatoms. The highest BCUT2D eigenvalue weighted by Crippen LogP contribution is 2.15. The van der Waals surface area contributed by atoms with Gasteiger partial charge in [0.1, 0.15) is 0 Å². The normalized spacial score (nSPS) is 16.2. The molecule has 6 nitrogen and oxygen atoms in total. The molecule has 3 heterocycles. The molecule has 1 saturated heterocycles. The van der Waals surface area contributed by atoms with Gasteiger partial charge < -0.3 is 5.32 Å². The van der Waals surface area contributed by atoms with Crippen molar-refractivity contribution in [1.29, 1.82) is 0 Å². The van der Waals surface area contributed by atoms with E-state index >= 15 is 0 Å². The number of urea groups is 1. The highest BCUT2D eigenvalue weighted by Gasteiger charge is 2.21. The molecule has 0 radical (unpaired) electrons. The van der Waals surface area contributed by atoms with Gasteiger partial charge in [0.05, 0.1) is 11.4 Å². The molecule has 23 heavy (non-hydrogen) atoms. The fourth-order valence-corrected chi connectivity index (χ4v) is 3.37. The van der Waals surface area contributed by atoms with Crippen molar-refractivity contribution in [3.63, 3.8) is 0 Å². The lowest BCUT2D eigenvalue weighted by Gasteiger charge is -2.32. The Balaban J connectivity index is 1.41. The van der Waals surface area contributed by atoms with Gasteiger partial charge in [-0.2, -0.15) is 0 Å². The molecule has 0 spiro atoms. The molecule has 3 rings (SSSR count). The summed E-state index contributed by atoms with van der Waals surface area (Å²) in [4.78, 5) is 23.0. The average molecular weight is 331 g/mol. The summed E-state index contributed by atoms with van der Waals surface area (Å²) in [7, 11) is 0. The summed E-state index contributed by atoms with van der Waals surface area (Å²) in [6.07, 6.45) is 3.74. The quantitative estimate of drug-likeness (QED) is 0.903. The molecule has 122 valence electrons. The SMILES string of the molecule is Cc1csc(NC(=O)NC2CCN(Cc3ccccn3)CC2)n1. The first-order valence-electron chi connectivity index (χ1n) is 7.81. The van der Waals surface area contributed by atoms with E-state index in [1.54, 1.807) is 0 Å². The third kappa shape index (κ3) is 4.74. The van der Waals surface area contributed by atoms with Gasteiger partial charge in [-0.15, -0.1) is 11.3 Å². The Hall–Kier alpha value is -1.99. The van der Waals surface area contributed by atoms with Gasteiger partial charge in [-0.05, 0) is 31.9 Å². The molecular formula is C16H21N5OS. The summed E-state index contributed by atoms with van der Waals surface area (Å²) in [5.41, 5.74) is 2.02. The molecule has 2 N–H and O–H groups in total. The Morgan fingerprint density at radius 2 is 2.22 bits per heavy atom. The Labute approximate surface area is 140 Å². The van der Waals surface area contributed by atoms with Crippen molar-refractivity contribution in [3.8, 4) is 0 Å². The predicted octanol–water partition coefficient (Wildman–Crippen LogP) is 2.63. The molecule has 1 fully saturated rings. The first-order chi connectivity index (χ1) is 11.2. The van der Waals surface area contributed by atoms with Crippen LogP contribution in [0.3, 0.4) is 0 Å². The molecule has 1 aliphatic heterocycles.